The largest absolute Gasteiger partial charge is 0.498 e. The number of nitrogens with zero attached hydrogens (tertiary/aromatic N) is 3. The SMILES string of the molecule is CC(C)(C)OC(=O)N1CCN(c2ncccc2B2OC(C)(C)C(C)(C)O2)CC1. The Morgan fingerprint density at radius 1 is 1.11 bits per heavy atom. The minimum absolute atomic E-state index is 0.264. The zero-order chi connectivity index (χ0) is 20.7. The molecule has 3 heterocycles. The van der Waals surface area contributed by atoms with Crippen molar-refractivity contribution in [2.75, 3.05) is 31.1 Å². The van der Waals surface area contributed by atoms with Gasteiger partial charge >= 0.3 is 13.2 Å². The number of carbonyl (C=O) groups excluding carboxylic acids is 1. The van der Waals surface area contributed by atoms with Crippen LogP contribution in [0.3, 0.4) is 0 Å². The molecule has 2 saturated heterocycles. The van der Waals surface area contributed by atoms with Crippen LogP contribution in [0.1, 0.15) is 48.5 Å². The number of piperazine rings is 1. The summed E-state index contributed by atoms with van der Waals surface area (Å²) in [6.45, 7) is 16.4. The molecule has 0 atom stereocenters. The summed E-state index contributed by atoms with van der Waals surface area (Å²) in [4.78, 5) is 20.8. The minimum Gasteiger partial charge on any atom is -0.444 e. The predicted molar refractivity (Wildman–Crippen MR) is 110 cm³/mol. The van der Waals surface area contributed by atoms with E-state index in [1.165, 1.54) is 0 Å². The molecule has 0 bridgehead atoms. The van der Waals surface area contributed by atoms with Gasteiger partial charge in [-0.1, -0.05) is 6.07 Å². The van der Waals surface area contributed by atoms with Crippen LogP contribution < -0.4 is 10.4 Å². The summed E-state index contributed by atoms with van der Waals surface area (Å²) in [5.41, 5.74) is -0.369. The summed E-state index contributed by atoms with van der Waals surface area (Å²) >= 11 is 0. The van der Waals surface area contributed by atoms with Crippen molar-refractivity contribution in [1.82, 2.24) is 9.88 Å². The van der Waals surface area contributed by atoms with Gasteiger partial charge in [-0.25, -0.2) is 9.78 Å². The fourth-order valence-corrected chi connectivity index (χ4v) is 3.25. The van der Waals surface area contributed by atoms with Gasteiger partial charge in [-0.2, -0.15) is 0 Å². The van der Waals surface area contributed by atoms with Crippen LogP contribution in [-0.2, 0) is 14.0 Å². The standard InChI is InChI=1S/C20H32BN3O4/c1-18(2,3)26-17(25)24-13-11-23(12-14-24)16-15(9-8-10-22-16)21-27-19(4,5)20(6,7)28-21/h8-10H,11-14H2,1-7H3. The van der Waals surface area contributed by atoms with E-state index < -0.39 is 23.9 Å². The molecule has 2 fully saturated rings. The number of anilines is 1. The van der Waals surface area contributed by atoms with Gasteiger partial charge in [0.25, 0.3) is 0 Å². The summed E-state index contributed by atoms with van der Waals surface area (Å²) in [5, 5.41) is 0. The highest BCUT2D eigenvalue weighted by molar-refractivity contribution is 6.63. The van der Waals surface area contributed by atoms with E-state index in [2.05, 4.69) is 9.88 Å². The van der Waals surface area contributed by atoms with Gasteiger partial charge in [0.1, 0.15) is 11.4 Å². The Hall–Kier alpha value is -1.80. The number of hydrogen-bond acceptors (Lipinski definition) is 6. The molecule has 1 aromatic rings. The molecule has 0 aromatic carbocycles. The van der Waals surface area contributed by atoms with Gasteiger partial charge in [-0.05, 0) is 54.5 Å². The highest BCUT2D eigenvalue weighted by atomic mass is 16.7. The summed E-state index contributed by atoms with van der Waals surface area (Å²) in [7, 11) is -0.461. The monoisotopic (exact) mass is 389 g/mol. The van der Waals surface area contributed by atoms with E-state index in [1.807, 2.05) is 60.6 Å². The molecule has 8 heteroatoms. The quantitative estimate of drug-likeness (QED) is 0.724. The van der Waals surface area contributed by atoms with Crippen molar-refractivity contribution in [1.29, 1.82) is 0 Å². The molecule has 7 nitrogen and oxygen atoms in total. The fourth-order valence-electron chi connectivity index (χ4n) is 3.25. The zero-order valence-electron chi connectivity index (χ0n) is 18.1. The van der Waals surface area contributed by atoms with Crippen LogP contribution in [0.5, 0.6) is 0 Å². The number of pyridine rings is 1. The molecule has 1 aromatic heterocycles. The average molecular weight is 389 g/mol. The molecule has 0 N–H and O–H groups in total. The molecular formula is C20H32BN3O4. The summed E-state index contributed by atoms with van der Waals surface area (Å²) < 4.78 is 17.9. The minimum atomic E-state index is -0.487. The molecule has 2 aliphatic heterocycles. The van der Waals surface area contributed by atoms with Gasteiger partial charge in [0, 0.05) is 37.8 Å². The highest BCUT2D eigenvalue weighted by Gasteiger charge is 2.52. The van der Waals surface area contributed by atoms with Crippen molar-refractivity contribution in [3.8, 4) is 0 Å². The van der Waals surface area contributed by atoms with Crippen molar-refractivity contribution in [2.45, 2.75) is 65.3 Å². The Morgan fingerprint density at radius 3 is 2.21 bits per heavy atom. The topological polar surface area (TPSA) is 64.1 Å². The lowest BCUT2D eigenvalue weighted by molar-refractivity contribution is 0.00578. The van der Waals surface area contributed by atoms with Crippen molar-refractivity contribution in [3.05, 3.63) is 18.3 Å². The summed E-state index contributed by atoms with van der Waals surface area (Å²) in [6.07, 6.45) is 1.52. The van der Waals surface area contributed by atoms with E-state index in [1.54, 1.807) is 11.1 Å². The lowest BCUT2D eigenvalue weighted by Crippen LogP contribution is -2.52. The Balaban J connectivity index is 1.71. The van der Waals surface area contributed by atoms with E-state index in [-0.39, 0.29) is 6.09 Å². The second-order valence-electron chi connectivity index (χ2n) is 9.46. The molecule has 0 radical (unpaired) electrons. The van der Waals surface area contributed by atoms with Crippen LogP contribution in [0.2, 0.25) is 0 Å². The van der Waals surface area contributed by atoms with Crippen LogP contribution in [0.4, 0.5) is 10.6 Å². The maximum absolute atomic E-state index is 12.3. The van der Waals surface area contributed by atoms with Crippen molar-refractivity contribution < 1.29 is 18.8 Å². The third kappa shape index (κ3) is 4.28. The van der Waals surface area contributed by atoms with E-state index in [0.717, 1.165) is 11.3 Å². The van der Waals surface area contributed by atoms with Crippen molar-refractivity contribution >= 4 is 24.5 Å². The molecule has 0 saturated carbocycles. The lowest BCUT2D eigenvalue weighted by Gasteiger charge is -2.37. The van der Waals surface area contributed by atoms with Gasteiger partial charge < -0.3 is 23.8 Å². The first-order valence-corrected chi connectivity index (χ1v) is 9.93. The van der Waals surface area contributed by atoms with Gasteiger partial charge in [-0.3, -0.25) is 0 Å². The molecular weight excluding hydrogens is 357 g/mol. The Bertz CT molecular complexity index is 708. The van der Waals surface area contributed by atoms with Gasteiger partial charge in [0.2, 0.25) is 0 Å². The third-order valence-electron chi connectivity index (χ3n) is 5.55. The second-order valence-corrected chi connectivity index (χ2v) is 9.46. The molecule has 154 valence electrons. The smallest absolute Gasteiger partial charge is 0.444 e. The predicted octanol–water partition coefficient (Wildman–Crippen LogP) is 2.44. The number of hydrogen-bond donors (Lipinski definition) is 0. The second kappa shape index (κ2) is 7.23. The van der Waals surface area contributed by atoms with Crippen LogP contribution >= 0.6 is 0 Å². The van der Waals surface area contributed by atoms with Crippen molar-refractivity contribution in [3.63, 3.8) is 0 Å². The lowest BCUT2D eigenvalue weighted by atomic mass is 9.79. The van der Waals surface area contributed by atoms with Crippen LogP contribution in [0.25, 0.3) is 0 Å². The summed E-state index contributed by atoms with van der Waals surface area (Å²) in [5.74, 6) is 0.852. The maximum Gasteiger partial charge on any atom is 0.498 e. The molecule has 28 heavy (non-hydrogen) atoms. The van der Waals surface area contributed by atoms with E-state index in [9.17, 15) is 4.79 Å². The molecule has 2 aliphatic rings. The number of carbonyl (C=O) groups is 1. The molecule has 1 amide bonds. The number of rotatable bonds is 2. The molecule has 3 rings (SSSR count). The molecule has 0 unspecified atom stereocenters. The first kappa shape index (κ1) is 20.9. The van der Waals surface area contributed by atoms with E-state index in [4.69, 9.17) is 14.0 Å². The normalized spacial score (nSPS) is 21.8. The van der Waals surface area contributed by atoms with Gasteiger partial charge in [-0.15, -0.1) is 0 Å². The van der Waals surface area contributed by atoms with E-state index >= 15 is 0 Å². The number of aromatic nitrogens is 1. The fraction of sp³-hybridized carbons (Fsp3) is 0.700. The van der Waals surface area contributed by atoms with Crippen LogP contribution in [-0.4, -0.2) is 66.1 Å². The Kier molecular flexibility index (Phi) is 5.40. The average Bonchev–Trinajstić information content (AvgIpc) is 2.81. The number of amides is 1. The van der Waals surface area contributed by atoms with Gasteiger partial charge in [0.05, 0.1) is 11.2 Å². The summed E-state index contributed by atoms with van der Waals surface area (Å²) in [6, 6.07) is 3.91. The first-order chi connectivity index (χ1) is 12.9. The molecule has 0 aliphatic carbocycles. The maximum atomic E-state index is 12.3. The Morgan fingerprint density at radius 2 is 1.68 bits per heavy atom. The first-order valence-electron chi connectivity index (χ1n) is 9.93. The highest BCUT2D eigenvalue weighted by Crippen LogP contribution is 2.37. The van der Waals surface area contributed by atoms with Crippen LogP contribution in [0, 0.1) is 0 Å². The Labute approximate surface area is 168 Å². The molecule has 0 spiro atoms. The van der Waals surface area contributed by atoms with E-state index in [0.29, 0.717) is 26.2 Å². The number of ether oxygens (including phenoxy) is 1. The van der Waals surface area contributed by atoms with Crippen LogP contribution in [0.15, 0.2) is 18.3 Å². The zero-order valence-corrected chi connectivity index (χ0v) is 18.1. The van der Waals surface area contributed by atoms with Crippen molar-refractivity contribution in [2.24, 2.45) is 0 Å². The third-order valence-corrected chi connectivity index (χ3v) is 5.55. The van der Waals surface area contributed by atoms with Gasteiger partial charge in [0.15, 0.2) is 0 Å².